The molecular weight excluding hydrogens is 250 g/mol. The van der Waals surface area contributed by atoms with Crippen molar-refractivity contribution < 1.29 is 9.94 Å². The molecule has 1 N–H and O–H groups in total. The van der Waals surface area contributed by atoms with Crippen molar-refractivity contribution in [1.82, 2.24) is 5.06 Å². The molecule has 2 aromatic carbocycles. The minimum Gasteiger partial charge on any atom is -0.489 e. The van der Waals surface area contributed by atoms with Crippen molar-refractivity contribution in [2.75, 3.05) is 13.6 Å². The zero-order valence-corrected chi connectivity index (χ0v) is 11.8. The lowest BCUT2D eigenvalue weighted by Crippen LogP contribution is -2.14. The molecule has 0 spiro atoms. The molecule has 0 bridgehead atoms. The zero-order chi connectivity index (χ0) is 14.2. The van der Waals surface area contributed by atoms with E-state index in [2.05, 4.69) is 24.3 Å². The largest absolute Gasteiger partial charge is 0.489 e. The lowest BCUT2D eigenvalue weighted by molar-refractivity contribution is -0.0651. The first-order valence-electron chi connectivity index (χ1n) is 6.90. The standard InChI is InChI=1S/C17H21NO2/c1-18(19)13-5-8-15-9-11-17(12-10-15)20-14-16-6-3-2-4-7-16/h2-4,6-7,9-12,19H,5,8,13-14H2,1H3. The van der Waals surface area contributed by atoms with Crippen LogP contribution in [0.4, 0.5) is 0 Å². The summed E-state index contributed by atoms with van der Waals surface area (Å²) >= 11 is 0. The molecule has 0 saturated carbocycles. The molecule has 0 fully saturated rings. The van der Waals surface area contributed by atoms with Gasteiger partial charge >= 0.3 is 0 Å². The lowest BCUT2D eigenvalue weighted by atomic mass is 10.1. The van der Waals surface area contributed by atoms with Crippen molar-refractivity contribution in [2.45, 2.75) is 19.4 Å². The van der Waals surface area contributed by atoms with E-state index in [4.69, 9.17) is 9.94 Å². The van der Waals surface area contributed by atoms with Gasteiger partial charge < -0.3 is 9.94 Å². The van der Waals surface area contributed by atoms with Crippen LogP contribution >= 0.6 is 0 Å². The first-order chi connectivity index (χ1) is 9.74. The highest BCUT2D eigenvalue weighted by Gasteiger charge is 1.98. The molecule has 0 saturated heterocycles. The van der Waals surface area contributed by atoms with Gasteiger partial charge in [-0.1, -0.05) is 42.5 Å². The molecular formula is C17H21NO2. The quantitative estimate of drug-likeness (QED) is 0.782. The highest BCUT2D eigenvalue weighted by Crippen LogP contribution is 2.15. The van der Waals surface area contributed by atoms with Gasteiger partial charge in [-0.25, -0.2) is 0 Å². The molecule has 0 unspecified atom stereocenters. The molecule has 0 heterocycles. The van der Waals surface area contributed by atoms with E-state index in [0.717, 1.165) is 18.6 Å². The molecule has 106 valence electrons. The van der Waals surface area contributed by atoms with Gasteiger partial charge in [-0.15, -0.1) is 0 Å². The third kappa shape index (κ3) is 5.03. The van der Waals surface area contributed by atoms with Crippen molar-refractivity contribution in [2.24, 2.45) is 0 Å². The van der Waals surface area contributed by atoms with Crippen LogP contribution in [0.3, 0.4) is 0 Å². The summed E-state index contributed by atoms with van der Waals surface area (Å²) in [5.74, 6) is 0.886. The van der Waals surface area contributed by atoms with Crippen molar-refractivity contribution in [3.63, 3.8) is 0 Å². The van der Waals surface area contributed by atoms with Crippen LogP contribution in [0.15, 0.2) is 54.6 Å². The maximum Gasteiger partial charge on any atom is 0.119 e. The van der Waals surface area contributed by atoms with E-state index < -0.39 is 0 Å². The van der Waals surface area contributed by atoms with Crippen LogP contribution in [-0.4, -0.2) is 23.9 Å². The monoisotopic (exact) mass is 271 g/mol. The van der Waals surface area contributed by atoms with Crippen molar-refractivity contribution in [3.8, 4) is 5.75 Å². The average Bonchev–Trinajstić information content (AvgIpc) is 2.47. The Kier molecular flexibility index (Phi) is 5.59. The normalized spacial score (nSPS) is 10.8. The average molecular weight is 271 g/mol. The molecule has 0 radical (unpaired) electrons. The van der Waals surface area contributed by atoms with Gasteiger partial charge in [0.25, 0.3) is 0 Å². The second kappa shape index (κ2) is 7.68. The van der Waals surface area contributed by atoms with E-state index in [1.165, 1.54) is 16.2 Å². The molecule has 0 aliphatic heterocycles. The first-order valence-corrected chi connectivity index (χ1v) is 6.90. The number of hydrogen-bond donors (Lipinski definition) is 1. The zero-order valence-electron chi connectivity index (χ0n) is 11.8. The molecule has 0 atom stereocenters. The highest BCUT2D eigenvalue weighted by atomic mass is 16.5. The Hall–Kier alpha value is -1.84. The lowest BCUT2D eigenvalue weighted by Gasteiger charge is -2.09. The third-order valence-corrected chi connectivity index (χ3v) is 3.12. The maximum atomic E-state index is 9.07. The summed E-state index contributed by atoms with van der Waals surface area (Å²) in [5, 5.41) is 10.3. The minimum absolute atomic E-state index is 0.593. The molecule has 3 nitrogen and oxygen atoms in total. The van der Waals surface area contributed by atoms with Crippen LogP contribution in [0.25, 0.3) is 0 Å². The van der Waals surface area contributed by atoms with Gasteiger partial charge in [0.05, 0.1) is 0 Å². The molecule has 2 rings (SSSR count). The second-order valence-corrected chi connectivity index (χ2v) is 4.90. The van der Waals surface area contributed by atoms with Gasteiger partial charge in [0.1, 0.15) is 12.4 Å². The van der Waals surface area contributed by atoms with Crippen molar-refractivity contribution in [1.29, 1.82) is 0 Å². The predicted molar refractivity (Wildman–Crippen MR) is 80.0 cm³/mol. The van der Waals surface area contributed by atoms with Crippen LogP contribution in [0, 0.1) is 0 Å². The van der Waals surface area contributed by atoms with Crippen molar-refractivity contribution >= 4 is 0 Å². The summed E-state index contributed by atoms with van der Waals surface area (Å²) in [4.78, 5) is 0. The number of aryl methyl sites for hydroxylation is 1. The Bertz CT molecular complexity index is 494. The first kappa shape index (κ1) is 14.6. The number of rotatable bonds is 7. The Labute approximate surface area is 120 Å². The summed E-state index contributed by atoms with van der Waals surface area (Å²) in [7, 11) is 1.67. The minimum atomic E-state index is 0.593. The van der Waals surface area contributed by atoms with E-state index in [1.807, 2.05) is 30.3 Å². The molecule has 0 aliphatic rings. The van der Waals surface area contributed by atoms with Gasteiger partial charge in [-0.3, -0.25) is 0 Å². The van der Waals surface area contributed by atoms with Crippen molar-refractivity contribution in [3.05, 3.63) is 65.7 Å². The molecule has 0 amide bonds. The van der Waals surface area contributed by atoms with E-state index in [9.17, 15) is 0 Å². The van der Waals surface area contributed by atoms with E-state index in [1.54, 1.807) is 7.05 Å². The number of ether oxygens (including phenoxy) is 1. The van der Waals surface area contributed by atoms with Crippen LogP contribution in [0.2, 0.25) is 0 Å². The highest BCUT2D eigenvalue weighted by molar-refractivity contribution is 5.27. The predicted octanol–water partition coefficient (Wildman–Crippen LogP) is 3.52. The third-order valence-electron chi connectivity index (χ3n) is 3.12. The molecule has 0 aliphatic carbocycles. The number of hydroxylamine groups is 2. The maximum absolute atomic E-state index is 9.07. The van der Waals surface area contributed by atoms with Crippen LogP contribution < -0.4 is 4.74 Å². The van der Waals surface area contributed by atoms with Gasteiger partial charge in [-0.2, -0.15) is 5.06 Å². The van der Waals surface area contributed by atoms with E-state index >= 15 is 0 Å². The Morgan fingerprint density at radius 1 is 0.950 bits per heavy atom. The number of nitrogens with zero attached hydrogens (tertiary/aromatic N) is 1. The SMILES string of the molecule is CN(O)CCCc1ccc(OCc2ccccc2)cc1. The van der Waals surface area contributed by atoms with Gasteiger partial charge in [0.15, 0.2) is 0 Å². The number of benzene rings is 2. The molecule has 0 aromatic heterocycles. The summed E-state index contributed by atoms with van der Waals surface area (Å²) < 4.78 is 5.74. The Morgan fingerprint density at radius 2 is 1.65 bits per heavy atom. The fourth-order valence-corrected chi connectivity index (χ4v) is 2.01. The second-order valence-electron chi connectivity index (χ2n) is 4.90. The topological polar surface area (TPSA) is 32.7 Å². The van der Waals surface area contributed by atoms with Crippen LogP contribution in [0.5, 0.6) is 5.75 Å². The van der Waals surface area contributed by atoms with E-state index in [-0.39, 0.29) is 0 Å². The Morgan fingerprint density at radius 3 is 2.30 bits per heavy atom. The summed E-state index contributed by atoms with van der Waals surface area (Å²) in [6, 6.07) is 18.3. The molecule has 20 heavy (non-hydrogen) atoms. The summed E-state index contributed by atoms with van der Waals surface area (Å²) in [6.07, 6.45) is 1.90. The fraction of sp³-hybridized carbons (Fsp3) is 0.294. The molecule has 3 heteroatoms. The van der Waals surface area contributed by atoms with E-state index in [0.29, 0.717) is 13.2 Å². The van der Waals surface area contributed by atoms with Gasteiger partial charge in [-0.05, 0) is 36.1 Å². The Balaban J connectivity index is 1.79. The van der Waals surface area contributed by atoms with Crippen LogP contribution in [0.1, 0.15) is 17.5 Å². The molecule has 2 aromatic rings. The van der Waals surface area contributed by atoms with Gasteiger partial charge in [0, 0.05) is 13.6 Å². The fourth-order valence-electron chi connectivity index (χ4n) is 2.01. The van der Waals surface area contributed by atoms with Crippen LogP contribution in [-0.2, 0) is 13.0 Å². The number of hydrogen-bond acceptors (Lipinski definition) is 3. The summed E-state index contributed by atoms with van der Waals surface area (Å²) in [6.45, 7) is 1.28. The summed E-state index contributed by atoms with van der Waals surface area (Å²) in [5.41, 5.74) is 2.43. The smallest absolute Gasteiger partial charge is 0.119 e. The van der Waals surface area contributed by atoms with Gasteiger partial charge in [0.2, 0.25) is 0 Å².